The first-order valence-corrected chi connectivity index (χ1v) is 7.85. The van der Waals surface area contributed by atoms with Gasteiger partial charge < -0.3 is 9.47 Å². The number of carbonyl (C=O) groups excluding carboxylic acids is 1. The van der Waals surface area contributed by atoms with Crippen LogP contribution in [0.25, 0.3) is 0 Å². The molecule has 3 atom stereocenters. The van der Waals surface area contributed by atoms with Crippen LogP contribution >= 0.6 is 0 Å². The predicted octanol–water partition coefficient (Wildman–Crippen LogP) is 1.57. The lowest BCUT2D eigenvalue weighted by atomic mass is 9.94. The third-order valence-electron chi connectivity index (χ3n) is 5.44. The van der Waals surface area contributed by atoms with E-state index in [-0.39, 0.29) is 0 Å². The fourth-order valence-electron chi connectivity index (χ4n) is 4.22. The lowest BCUT2D eigenvalue weighted by molar-refractivity contribution is -0.137. The number of piperidine rings is 1. The van der Waals surface area contributed by atoms with Gasteiger partial charge in [0.15, 0.2) is 0 Å². The number of likely N-dealkylation sites (tertiary alicyclic amines) is 1. The molecule has 1 aliphatic heterocycles. The smallest absolute Gasteiger partial charge is 0.225 e. The number of carbonyl (C=O) groups is 1. The maximum atomic E-state index is 12.6. The summed E-state index contributed by atoms with van der Waals surface area (Å²) in [5.74, 6) is 3.86. The molecule has 3 fully saturated rings. The summed E-state index contributed by atoms with van der Waals surface area (Å²) in [5.41, 5.74) is 0. The van der Waals surface area contributed by atoms with Crippen molar-refractivity contribution in [1.29, 1.82) is 0 Å². The molecule has 2 saturated carbocycles. The molecule has 0 spiro atoms. The van der Waals surface area contributed by atoms with Gasteiger partial charge in [0.2, 0.25) is 5.91 Å². The first-order valence-electron chi connectivity index (χ1n) is 7.85. The van der Waals surface area contributed by atoms with E-state index in [1.165, 1.54) is 6.42 Å². The van der Waals surface area contributed by atoms with Gasteiger partial charge in [-0.1, -0.05) is 0 Å². The molecule has 5 heteroatoms. The molecule has 2 heterocycles. The Balaban J connectivity index is 1.44. The second kappa shape index (κ2) is 4.57. The highest BCUT2D eigenvalue weighted by molar-refractivity contribution is 5.79. The second-order valence-corrected chi connectivity index (χ2v) is 6.85. The Bertz CT molecular complexity index is 516. The fourth-order valence-corrected chi connectivity index (χ4v) is 4.22. The summed E-state index contributed by atoms with van der Waals surface area (Å²) in [7, 11) is 1.99. The highest BCUT2D eigenvalue weighted by Gasteiger charge is 2.49. The number of aromatic nitrogens is 3. The minimum atomic E-state index is 0.317. The third-order valence-corrected chi connectivity index (χ3v) is 5.44. The van der Waals surface area contributed by atoms with Gasteiger partial charge >= 0.3 is 0 Å². The molecule has 1 aromatic rings. The summed E-state index contributed by atoms with van der Waals surface area (Å²) in [6.45, 7) is 1.76. The van der Waals surface area contributed by atoms with E-state index in [9.17, 15) is 4.79 Å². The lowest BCUT2D eigenvalue weighted by Gasteiger charge is -2.34. The Labute approximate surface area is 119 Å². The number of hydrogen-bond donors (Lipinski definition) is 0. The summed E-state index contributed by atoms with van der Waals surface area (Å²) in [6, 6.07) is 0. The Morgan fingerprint density at radius 1 is 1.30 bits per heavy atom. The molecule has 4 rings (SSSR count). The quantitative estimate of drug-likeness (QED) is 0.822. The van der Waals surface area contributed by atoms with Gasteiger partial charge in [-0.15, -0.1) is 10.2 Å². The lowest BCUT2D eigenvalue weighted by Crippen LogP contribution is -2.42. The molecular formula is C15H22N4O. The highest BCUT2D eigenvalue weighted by Crippen LogP contribution is 2.54. The molecule has 5 nitrogen and oxygen atoms in total. The van der Waals surface area contributed by atoms with Crippen LogP contribution in [0.5, 0.6) is 0 Å². The van der Waals surface area contributed by atoms with Crippen molar-refractivity contribution in [2.75, 3.05) is 13.1 Å². The van der Waals surface area contributed by atoms with Gasteiger partial charge in [-0.25, -0.2) is 0 Å². The van der Waals surface area contributed by atoms with E-state index in [1.54, 1.807) is 6.33 Å². The Morgan fingerprint density at radius 2 is 2.10 bits per heavy atom. The molecule has 1 saturated heterocycles. The van der Waals surface area contributed by atoms with Crippen LogP contribution in [0.2, 0.25) is 0 Å². The van der Waals surface area contributed by atoms with Gasteiger partial charge in [-0.05, 0) is 43.9 Å². The largest absolute Gasteiger partial charge is 0.342 e. The van der Waals surface area contributed by atoms with E-state index < -0.39 is 0 Å². The van der Waals surface area contributed by atoms with Crippen LogP contribution in [0.1, 0.15) is 43.8 Å². The molecule has 3 unspecified atom stereocenters. The van der Waals surface area contributed by atoms with Crippen molar-refractivity contribution >= 4 is 5.91 Å². The van der Waals surface area contributed by atoms with Crippen molar-refractivity contribution in [2.45, 2.75) is 38.0 Å². The Kier molecular flexibility index (Phi) is 2.82. The molecule has 108 valence electrons. The normalized spacial score (nSPS) is 36.0. The van der Waals surface area contributed by atoms with Crippen LogP contribution in [0.15, 0.2) is 6.33 Å². The van der Waals surface area contributed by atoms with Crippen molar-refractivity contribution in [3.8, 4) is 0 Å². The van der Waals surface area contributed by atoms with E-state index in [4.69, 9.17) is 0 Å². The summed E-state index contributed by atoms with van der Waals surface area (Å²) < 4.78 is 1.99. The van der Waals surface area contributed by atoms with Crippen molar-refractivity contribution in [3.63, 3.8) is 0 Å². The SMILES string of the molecule is Cn1cnnc1C1CCCN(C(=O)C2CC3CC3C2)C1. The summed E-state index contributed by atoms with van der Waals surface area (Å²) >= 11 is 0. The van der Waals surface area contributed by atoms with E-state index in [0.717, 1.165) is 56.4 Å². The first kappa shape index (κ1) is 12.4. The van der Waals surface area contributed by atoms with Crippen LogP contribution in [-0.2, 0) is 11.8 Å². The minimum Gasteiger partial charge on any atom is -0.342 e. The van der Waals surface area contributed by atoms with E-state index >= 15 is 0 Å². The van der Waals surface area contributed by atoms with E-state index in [2.05, 4.69) is 15.1 Å². The van der Waals surface area contributed by atoms with Gasteiger partial charge in [0.1, 0.15) is 12.2 Å². The third kappa shape index (κ3) is 2.03. The zero-order valence-corrected chi connectivity index (χ0v) is 12.0. The molecule has 0 bridgehead atoms. The highest BCUT2D eigenvalue weighted by atomic mass is 16.2. The van der Waals surface area contributed by atoms with Crippen LogP contribution in [0.4, 0.5) is 0 Å². The number of nitrogens with zero attached hydrogens (tertiary/aromatic N) is 4. The summed E-state index contributed by atoms with van der Waals surface area (Å²) in [6.07, 6.45) is 7.63. The Hall–Kier alpha value is -1.39. The van der Waals surface area contributed by atoms with Gasteiger partial charge in [-0.2, -0.15) is 0 Å². The van der Waals surface area contributed by atoms with Gasteiger partial charge in [0, 0.05) is 32.0 Å². The predicted molar refractivity (Wildman–Crippen MR) is 73.9 cm³/mol. The number of hydrogen-bond acceptors (Lipinski definition) is 3. The minimum absolute atomic E-state index is 0.317. The van der Waals surface area contributed by atoms with E-state index in [1.807, 2.05) is 11.6 Å². The molecule has 3 aliphatic rings. The molecule has 20 heavy (non-hydrogen) atoms. The number of rotatable bonds is 2. The fraction of sp³-hybridized carbons (Fsp3) is 0.800. The summed E-state index contributed by atoms with van der Waals surface area (Å²) in [5, 5.41) is 8.19. The molecule has 0 aromatic carbocycles. The number of aryl methyl sites for hydroxylation is 1. The van der Waals surface area contributed by atoms with Crippen LogP contribution in [0, 0.1) is 17.8 Å². The monoisotopic (exact) mass is 274 g/mol. The van der Waals surface area contributed by atoms with Crippen LogP contribution < -0.4 is 0 Å². The molecule has 0 N–H and O–H groups in total. The zero-order chi connectivity index (χ0) is 13.7. The van der Waals surface area contributed by atoms with Crippen LogP contribution in [0.3, 0.4) is 0 Å². The molecule has 0 radical (unpaired) electrons. The number of fused-ring (bicyclic) bond motifs is 1. The van der Waals surface area contributed by atoms with Crippen molar-refractivity contribution < 1.29 is 4.79 Å². The average Bonchev–Trinajstić information content (AvgIpc) is 2.87. The van der Waals surface area contributed by atoms with Crippen LogP contribution in [-0.4, -0.2) is 38.7 Å². The van der Waals surface area contributed by atoms with Gasteiger partial charge in [-0.3, -0.25) is 4.79 Å². The van der Waals surface area contributed by atoms with Crippen molar-refractivity contribution in [1.82, 2.24) is 19.7 Å². The van der Waals surface area contributed by atoms with Gasteiger partial charge in [0.25, 0.3) is 0 Å². The molecule has 2 aliphatic carbocycles. The number of amides is 1. The zero-order valence-electron chi connectivity index (χ0n) is 12.0. The molecular weight excluding hydrogens is 252 g/mol. The summed E-state index contributed by atoms with van der Waals surface area (Å²) in [4.78, 5) is 14.7. The second-order valence-electron chi connectivity index (χ2n) is 6.85. The van der Waals surface area contributed by atoms with Crippen molar-refractivity contribution in [2.24, 2.45) is 24.8 Å². The molecule has 1 aromatic heterocycles. The average molecular weight is 274 g/mol. The maximum Gasteiger partial charge on any atom is 0.225 e. The standard InChI is InChI=1S/C15H22N4O/c1-18-9-16-17-14(18)10-3-2-4-19(8-10)15(20)13-6-11-5-12(11)7-13/h9-13H,2-8H2,1H3. The first-order chi connectivity index (χ1) is 9.72. The molecule has 1 amide bonds. The van der Waals surface area contributed by atoms with Gasteiger partial charge in [0.05, 0.1) is 0 Å². The van der Waals surface area contributed by atoms with E-state index in [0.29, 0.717) is 17.7 Å². The Morgan fingerprint density at radius 3 is 2.80 bits per heavy atom. The van der Waals surface area contributed by atoms with Crippen molar-refractivity contribution in [3.05, 3.63) is 12.2 Å². The maximum absolute atomic E-state index is 12.6. The topological polar surface area (TPSA) is 51.0 Å².